The van der Waals surface area contributed by atoms with Crippen molar-refractivity contribution in [1.29, 1.82) is 0 Å². The van der Waals surface area contributed by atoms with E-state index in [0.717, 1.165) is 5.69 Å². The maximum absolute atomic E-state index is 12.5. The Morgan fingerprint density at radius 3 is 2.28 bits per heavy atom. The molecule has 134 valence electrons. The van der Waals surface area contributed by atoms with Crippen molar-refractivity contribution in [3.63, 3.8) is 0 Å². The number of aromatic nitrogens is 1. The van der Waals surface area contributed by atoms with Crippen molar-refractivity contribution < 1.29 is 13.2 Å². The summed E-state index contributed by atoms with van der Waals surface area (Å²) < 4.78 is 26.3. The fourth-order valence-corrected chi connectivity index (χ4v) is 3.93. The van der Waals surface area contributed by atoms with Crippen LogP contribution >= 0.6 is 0 Å². The van der Waals surface area contributed by atoms with Crippen LogP contribution in [0.15, 0.2) is 53.6 Å². The van der Waals surface area contributed by atoms with Crippen molar-refractivity contribution in [3.8, 4) is 0 Å². The van der Waals surface area contributed by atoms with Crippen LogP contribution in [0.4, 0.5) is 0 Å². The SMILES string of the molecule is CCN(CC)S(=O)(=O)c1ccc(C(=O)NC(C)c2ccccn2)cc1. The van der Waals surface area contributed by atoms with Crippen molar-refractivity contribution in [2.24, 2.45) is 0 Å². The summed E-state index contributed by atoms with van der Waals surface area (Å²) in [6.07, 6.45) is 1.67. The fraction of sp³-hybridized carbons (Fsp3) is 0.333. The molecule has 1 aromatic heterocycles. The van der Waals surface area contributed by atoms with Gasteiger partial charge in [0.1, 0.15) is 0 Å². The van der Waals surface area contributed by atoms with Crippen molar-refractivity contribution in [2.75, 3.05) is 13.1 Å². The average Bonchev–Trinajstić information content (AvgIpc) is 2.63. The van der Waals surface area contributed by atoms with E-state index in [0.29, 0.717) is 18.7 Å². The first-order valence-corrected chi connectivity index (χ1v) is 9.66. The van der Waals surface area contributed by atoms with E-state index in [1.165, 1.54) is 28.6 Å². The van der Waals surface area contributed by atoms with E-state index in [4.69, 9.17) is 0 Å². The molecule has 2 aromatic rings. The monoisotopic (exact) mass is 361 g/mol. The molecule has 7 heteroatoms. The number of sulfonamides is 1. The van der Waals surface area contributed by atoms with E-state index in [1.54, 1.807) is 20.0 Å². The second-order valence-corrected chi connectivity index (χ2v) is 7.50. The van der Waals surface area contributed by atoms with Crippen molar-refractivity contribution in [1.82, 2.24) is 14.6 Å². The van der Waals surface area contributed by atoms with E-state index < -0.39 is 10.0 Å². The highest BCUT2D eigenvalue weighted by atomic mass is 32.2. The molecule has 1 N–H and O–H groups in total. The summed E-state index contributed by atoms with van der Waals surface area (Å²) in [5.74, 6) is -0.273. The molecule has 0 aliphatic heterocycles. The number of rotatable bonds is 7. The number of benzene rings is 1. The Kier molecular flexibility index (Phi) is 6.27. The Hall–Kier alpha value is -2.25. The number of hydrogen-bond donors (Lipinski definition) is 1. The van der Waals surface area contributed by atoms with Gasteiger partial charge in [-0.2, -0.15) is 4.31 Å². The summed E-state index contributed by atoms with van der Waals surface area (Å²) in [7, 11) is -3.52. The predicted molar refractivity (Wildman–Crippen MR) is 96.7 cm³/mol. The van der Waals surface area contributed by atoms with E-state index in [2.05, 4.69) is 10.3 Å². The van der Waals surface area contributed by atoms with Crippen LogP contribution in [0.1, 0.15) is 42.9 Å². The predicted octanol–water partition coefficient (Wildman–Crippen LogP) is 2.60. The Morgan fingerprint density at radius 1 is 1.12 bits per heavy atom. The maximum Gasteiger partial charge on any atom is 0.251 e. The summed E-state index contributed by atoms with van der Waals surface area (Å²) in [6, 6.07) is 11.2. The van der Waals surface area contributed by atoms with Gasteiger partial charge in [-0.3, -0.25) is 9.78 Å². The molecular weight excluding hydrogens is 338 g/mol. The van der Waals surface area contributed by atoms with Gasteiger partial charge in [0.25, 0.3) is 5.91 Å². The smallest absolute Gasteiger partial charge is 0.251 e. The maximum atomic E-state index is 12.5. The molecular formula is C18H23N3O3S. The van der Waals surface area contributed by atoms with Crippen LogP contribution in [-0.2, 0) is 10.0 Å². The van der Waals surface area contributed by atoms with Gasteiger partial charge in [-0.1, -0.05) is 19.9 Å². The minimum absolute atomic E-state index is 0.186. The van der Waals surface area contributed by atoms with E-state index >= 15 is 0 Å². The molecule has 1 aromatic carbocycles. The lowest BCUT2D eigenvalue weighted by molar-refractivity contribution is 0.0939. The molecule has 0 bridgehead atoms. The zero-order valence-electron chi connectivity index (χ0n) is 14.6. The fourth-order valence-electron chi connectivity index (χ4n) is 2.48. The van der Waals surface area contributed by atoms with Crippen molar-refractivity contribution >= 4 is 15.9 Å². The summed E-state index contributed by atoms with van der Waals surface area (Å²) in [5, 5.41) is 2.85. The van der Waals surface area contributed by atoms with Gasteiger partial charge >= 0.3 is 0 Å². The molecule has 0 spiro atoms. The first kappa shape index (κ1) is 19.1. The number of carbonyl (C=O) groups excluding carboxylic acids is 1. The van der Waals surface area contributed by atoms with Gasteiger partial charge in [-0.15, -0.1) is 0 Å². The number of nitrogens with one attached hydrogen (secondary N) is 1. The van der Waals surface area contributed by atoms with Gasteiger partial charge in [0.05, 0.1) is 16.6 Å². The highest BCUT2D eigenvalue weighted by Gasteiger charge is 2.22. The summed E-state index contributed by atoms with van der Waals surface area (Å²) >= 11 is 0. The number of amides is 1. The molecule has 0 saturated heterocycles. The summed E-state index contributed by atoms with van der Waals surface area (Å²) in [5.41, 5.74) is 1.16. The van der Waals surface area contributed by atoms with E-state index in [9.17, 15) is 13.2 Å². The molecule has 1 unspecified atom stereocenters. The van der Waals surface area contributed by atoms with Crippen LogP contribution in [0.5, 0.6) is 0 Å². The summed E-state index contributed by atoms with van der Waals surface area (Å²) in [4.78, 5) is 16.7. The topological polar surface area (TPSA) is 79.4 Å². The molecule has 1 atom stereocenters. The Balaban J connectivity index is 2.13. The van der Waals surface area contributed by atoms with E-state index in [1.807, 2.05) is 25.1 Å². The third-order valence-electron chi connectivity index (χ3n) is 3.94. The Labute approximate surface area is 148 Å². The van der Waals surface area contributed by atoms with Crippen LogP contribution in [-0.4, -0.2) is 36.7 Å². The molecule has 0 radical (unpaired) electrons. The largest absolute Gasteiger partial charge is 0.344 e. The molecule has 0 aliphatic carbocycles. The Morgan fingerprint density at radius 2 is 1.76 bits per heavy atom. The van der Waals surface area contributed by atoms with Crippen LogP contribution in [0, 0.1) is 0 Å². The molecule has 1 heterocycles. The van der Waals surface area contributed by atoms with Crippen LogP contribution in [0.2, 0.25) is 0 Å². The number of carbonyl (C=O) groups is 1. The van der Waals surface area contributed by atoms with Gasteiger partial charge in [-0.25, -0.2) is 8.42 Å². The molecule has 2 rings (SSSR count). The lowest BCUT2D eigenvalue weighted by Crippen LogP contribution is -2.30. The molecule has 0 saturated carbocycles. The van der Waals surface area contributed by atoms with Crippen molar-refractivity contribution in [2.45, 2.75) is 31.7 Å². The van der Waals surface area contributed by atoms with Gasteiger partial charge in [0.2, 0.25) is 10.0 Å². The third-order valence-corrected chi connectivity index (χ3v) is 6.00. The third kappa shape index (κ3) is 4.43. The molecule has 1 amide bonds. The van der Waals surface area contributed by atoms with Crippen molar-refractivity contribution in [3.05, 3.63) is 59.9 Å². The van der Waals surface area contributed by atoms with Crippen LogP contribution in [0.25, 0.3) is 0 Å². The van der Waals surface area contributed by atoms with Gasteiger partial charge in [0, 0.05) is 24.8 Å². The quantitative estimate of drug-likeness (QED) is 0.822. The van der Waals surface area contributed by atoms with Crippen LogP contribution in [0.3, 0.4) is 0 Å². The minimum Gasteiger partial charge on any atom is -0.344 e. The highest BCUT2D eigenvalue weighted by Crippen LogP contribution is 2.17. The minimum atomic E-state index is -3.52. The molecule has 0 fully saturated rings. The highest BCUT2D eigenvalue weighted by molar-refractivity contribution is 7.89. The molecule has 6 nitrogen and oxygen atoms in total. The average molecular weight is 361 g/mol. The first-order chi connectivity index (χ1) is 11.9. The molecule has 25 heavy (non-hydrogen) atoms. The zero-order valence-corrected chi connectivity index (χ0v) is 15.5. The summed E-state index contributed by atoms with van der Waals surface area (Å²) in [6.45, 7) is 6.24. The lowest BCUT2D eigenvalue weighted by atomic mass is 10.1. The van der Waals surface area contributed by atoms with Gasteiger partial charge in [-0.05, 0) is 43.3 Å². The van der Waals surface area contributed by atoms with Gasteiger partial charge in [0.15, 0.2) is 0 Å². The standard InChI is InChI=1S/C18H23N3O3S/c1-4-21(5-2)25(23,24)16-11-9-15(10-12-16)18(22)20-14(3)17-8-6-7-13-19-17/h6-14H,4-5H2,1-3H3,(H,20,22). The second kappa shape index (κ2) is 8.22. The second-order valence-electron chi connectivity index (χ2n) is 5.56. The van der Waals surface area contributed by atoms with Crippen LogP contribution < -0.4 is 5.32 Å². The number of nitrogens with zero attached hydrogens (tertiary/aromatic N) is 2. The van der Waals surface area contributed by atoms with Gasteiger partial charge < -0.3 is 5.32 Å². The first-order valence-electron chi connectivity index (χ1n) is 8.22. The van der Waals surface area contributed by atoms with E-state index in [-0.39, 0.29) is 16.8 Å². The lowest BCUT2D eigenvalue weighted by Gasteiger charge is -2.18. The number of pyridine rings is 1. The molecule has 0 aliphatic rings. The number of hydrogen-bond acceptors (Lipinski definition) is 4. The Bertz CT molecular complexity index is 801. The zero-order chi connectivity index (χ0) is 18.4. The normalized spacial score (nSPS) is 12.8.